The number of nitrogens with zero attached hydrogens (tertiary/aromatic N) is 3. The summed E-state index contributed by atoms with van der Waals surface area (Å²) in [5.74, 6) is 0. The van der Waals surface area contributed by atoms with Crippen LogP contribution in [0.2, 0.25) is 0 Å². The Morgan fingerprint density at radius 3 is 1.30 bits per heavy atom. The van der Waals surface area contributed by atoms with Gasteiger partial charge in [0, 0.05) is 50.6 Å². The van der Waals surface area contributed by atoms with Crippen molar-refractivity contribution in [3.05, 3.63) is 283 Å². The molecular formula is C61H43N3. The van der Waals surface area contributed by atoms with Gasteiger partial charge in [0.25, 0.3) is 0 Å². The van der Waals surface area contributed by atoms with Crippen LogP contribution < -0.4 is 9.80 Å². The van der Waals surface area contributed by atoms with E-state index in [1.807, 2.05) is 97.1 Å². The van der Waals surface area contributed by atoms with Gasteiger partial charge in [0.05, 0.1) is 23.3 Å². The van der Waals surface area contributed by atoms with Crippen LogP contribution in [0, 0.1) is 0 Å². The second-order valence-electron chi connectivity index (χ2n) is 16.1. The molecule has 0 N–H and O–H groups in total. The molecule has 11 aromatic rings. The van der Waals surface area contributed by atoms with Crippen molar-refractivity contribution >= 4 is 55.9 Å². The summed E-state index contributed by atoms with van der Waals surface area (Å²) >= 11 is 0. The maximum Gasteiger partial charge on any atom is 0.0734 e. The Hall–Kier alpha value is -8.40. The van der Waals surface area contributed by atoms with Crippen LogP contribution >= 0.6 is 0 Å². The first-order valence-electron chi connectivity index (χ1n) is 24.1. The lowest BCUT2D eigenvalue weighted by Gasteiger charge is -2.35. The zero-order valence-corrected chi connectivity index (χ0v) is 34.8. The maximum atomic E-state index is 9.97. The third-order valence-corrected chi connectivity index (χ3v) is 12.7. The van der Waals surface area contributed by atoms with Crippen molar-refractivity contribution in [2.75, 3.05) is 9.80 Å². The van der Waals surface area contributed by atoms with E-state index < -0.39 is 11.5 Å². The standard InChI is InChI=1S/C61H43N3/c1-7-22-44(23-8-1)61(58-36-21-35-53-52-34-19-20-37-59(52)64(60(53)58)49-32-17-6-18-33-49)56-40-38-50(62(45-24-9-2-10-25-45)46-26-11-3-12-27-46)42-54(56)55-43-51(39-41-57(55)61)63(47-28-13-4-14-29-47)48-30-15-5-16-31-48/h1-43H/i1D,7D,8D,22D,23D. The number of para-hydroxylation sites is 7. The van der Waals surface area contributed by atoms with Gasteiger partial charge in [-0.1, -0.05) is 170 Å². The molecule has 0 radical (unpaired) electrons. The average Bonchev–Trinajstić information content (AvgIpc) is 3.89. The van der Waals surface area contributed by atoms with Crippen molar-refractivity contribution in [3.8, 4) is 16.8 Å². The number of rotatable bonds is 9. The first-order chi connectivity index (χ1) is 33.9. The van der Waals surface area contributed by atoms with E-state index in [1.165, 1.54) is 0 Å². The van der Waals surface area contributed by atoms with Crippen LogP contribution in [0.15, 0.2) is 261 Å². The van der Waals surface area contributed by atoms with Gasteiger partial charge in [-0.3, -0.25) is 0 Å². The first-order valence-corrected chi connectivity index (χ1v) is 21.6. The SMILES string of the molecule is [2H]c1c([2H])c([2H])c(C2(c3cccc4c5ccccc5n(-c5ccccc5)c34)c3ccc(N(c4ccccc4)c4ccccc4)cc3-c3cc(N(c4ccccc4)c4ccccc4)ccc32)c([2H])c1[2H]. The Balaban J connectivity index is 1.26. The van der Waals surface area contributed by atoms with E-state index in [1.54, 1.807) is 0 Å². The maximum absolute atomic E-state index is 9.97. The molecule has 1 aliphatic carbocycles. The molecule has 64 heavy (non-hydrogen) atoms. The van der Waals surface area contributed by atoms with Gasteiger partial charge in [0.15, 0.2) is 0 Å². The van der Waals surface area contributed by atoms with Gasteiger partial charge in [0.1, 0.15) is 0 Å². The van der Waals surface area contributed by atoms with Crippen molar-refractivity contribution in [2.24, 2.45) is 0 Å². The number of aromatic nitrogens is 1. The molecule has 3 nitrogen and oxygen atoms in total. The van der Waals surface area contributed by atoms with Gasteiger partial charge < -0.3 is 14.4 Å². The van der Waals surface area contributed by atoms with Crippen molar-refractivity contribution < 1.29 is 6.85 Å². The zero-order valence-electron chi connectivity index (χ0n) is 39.8. The minimum atomic E-state index is -1.44. The fourth-order valence-electron chi connectivity index (χ4n) is 10.1. The molecule has 0 saturated carbocycles. The highest BCUT2D eigenvalue weighted by atomic mass is 15.1. The summed E-state index contributed by atoms with van der Waals surface area (Å²) in [6.45, 7) is 0. The molecule has 1 aromatic heterocycles. The highest BCUT2D eigenvalue weighted by molar-refractivity contribution is 6.11. The van der Waals surface area contributed by atoms with E-state index >= 15 is 0 Å². The number of anilines is 6. The third kappa shape index (κ3) is 5.90. The summed E-state index contributed by atoms with van der Waals surface area (Å²) in [5.41, 5.74) is 11.5. The number of hydrogen-bond donors (Lipinski definition) is 0. The minimum absolute atomic E-state index is 0.192. The third-order valence-electron chi connectivity index (χ3n) is 12.7. The van der Waals surface area contributed by atoms with Crippen molar-refractivity contribution in [2.45, 2.75) is 5.41 Å². The second-order valence-corrected chi connectivity index (χ2v) is 16.1. The molecule has 0 spiro atoms. The summed E-state index contributed by atoms with van der Waals surface area (Å²) in [5, 5.41) is 2.03. The van der Waals surface area contributed by atoms with Crippen LogP contribution in [0.25, 0.3) is 38.6 Å². The lowest BCUT2D eigenvalue weighted by Crippen LogP contribution is -2.29. The van der Waals surface area contributed by atoms with E-state index in [0.717, 1.165) is 89.4 Å². The average molecular weight is 823 g/mol. The van der Waals surface area contributed by atoms with Gasteiger partial charge in [-0.25, -0.2) is 0 Å². The Morgan fingerprint density at radius 1 is 0.359 bits per heavy atom. The molecule has 302 valence electrons. The van der Waals surface area contributed by atoms with E-state index in [2.05, 4.69) is 148 Å². The van der Waals surface area contributed by atoms with Gasteiger partial charge in [0.2, 0.25) is 0 Å². The normalized spacial score (nSPS) is 13.6. The van der Waals surface area contributed by atoms with Crippen molar-refractivity contribution in [3.63, 3.8) is 0 Å². The van der Waals surface area contributed by atoms with Crippen LogP contribution in [0.3, 0.4) is 0 Å². The monoisotopic (exact) mass is 822 g/mol. The van der Waals surface area contributed by atoms with Crippen molar-refractivity contribution in [1.29, 1.82) is 0 Å². The molecule has 10 aromatic carbocycles. The van der Waals surface area contributed by atoms with Gasteiger partial charge in [-0.2, -0.15) is 0 Å². The summed E-state index contributed by atoms with van der Waals surface area (Å²) in [6, 6.07) is 77.3. The first kappa shape index (κ1) is 32.3. The molecule has 0 amide bonds. The lowest BCUT2D eigenvalue weighted by atomic mass is 9.67. The zero-order chi connectivity index (χ0) is 46.8. The lowest BCUT2D eigenvalue weighted by molar-refractivity contribution is 0.772. The van der Waals surface area contributed by atoms with E-state index in [0.29, 0.717) is 0 Å². The van der Waals surface area contributed by atoms with E-state index in [4.69, 9.17) is 1.37 Å². The van der Waals surface area contributed by atoms with Gasteiger partial charge >= 0.3 is 0 Å². The van der Waals surface area contributed by atoms with Crippen LogP contribution in [-0.4, -0.2) is 4.57 Å². The molecule has 1 aliphatic rings. The van der Waals surface area contributed by atoms with Crippen LogP contribution in [0.5, 0.6) is 0 Å². The van der Waals surface area contributed by atoms with E-state index in [-0.39, 0.29) is 29.7 Å². The van der Waals surface area contributed by atoms with Gasteiger partial charge in [-0.05, 0) is 124 Å². The molecule has 0 aliphatic heterocycles. The number of benzene rings is 10. The molecular weight excluding hydrogens is 775 g/mol. The quantitative estimate of drug-likeness (QED) is 0.144. The van der Waals surface area contributed by atoms with E-state index in [9.17, 15) is 5.48 Å². The number of hydrogen-bond acceptors (Lipinski definition) is 2. The summed E-state index contributed by atoms with van der Waals surface area (Å²) in [4.78, 5) is 4.48. The predicted molar refractivity (Wildman–Crippen MR) is 267 cm³/mol. The largest absolute Gasteiger partial charge is 0.310 e. The molecule has 0 unspecified atom stereocenters. The highest BCUT2D eigenvalue weighted by Gasteiger charge is 2.48. The highest BCUT2D eigenvalue weighted by Crippen LogP contribution is 2.60. The second kappa shape index (κ2) is 15.5. The minimum Gasteiger partial charge on any atom is -0.310 e. The molecule has 0 saturated heterocycles. The Bertz CT molecular complexity index is 3490. The predicted octanol–water partition coefficient (Wildman–Crippen LogP) is 16.1. The molecule has 0 atom stereocenters. The fourth-order valence-corrected chi connectivity index (χ4v) is 10.1. The summed E-state index contributed by atoms with van der Waals surface area (Å²) < 4.78 is 49.6. The van der Waals surface area contributed by atoms with Crippen LogP contribution in [-0.2, 0) is 5.41 Å². The molecule has 0 fully saturated rings. The molecule has 1 heterocycles. The molecule has 12 rings (SSSR count). The van der Waals surface area contributed by atoms with Crippen LogP contribution in [0.4, 0.5) is 34.1 Å². The summed E-state index contributed by atoms with van der Waals surface area (Å²) in [7, 11) is 0. The van der Waals surface area contributed by atoms with Crippen molar-refractivity contribution in [1.82, 2.24) is 4.57 Å². The van der Waals surface area contributed by atoms with Gasteiger partial charge in [-0.15, -0.1) is 0 Å². The molecule has 3 heteroatoms. The number of fused-ring (bicyclic) bond motifs is 6. The Kier molecular flexibility index (Phi) is 7.83. The fraction of sp³-hybridized carbons (Fsp3) is 0.0164. The van der Waals surface area contributed by atoms with Crippen LogP contribution in [0.1, 0.15) is 29.1 Å². The Morgan fingerprint density at radius 2 is 0.797 bits per heavy atom. The topological polar surface area (TPSA) is 11.4 Å². The smallest absolute Gasteiger partial charge is 0.0734 e. The Labute approximate surface area is 381 Å². The molecule has 0 bridgehead atoms. The summed E-state index contributed by atoms with van der Waals surface area (Å²) in [6.07, 6.45) is 0.